The molecule has 0 spiro atoms. The Kier molecular flexibility index (Phi) is 5.89. The van der Waals surface area contributed by atoms with Crippen molar-refractivity contribution in [3.63, 3.8) is 0 Å². The summed E-state index contributed by atoms with van der Waals surface area (Å²) in [7, 11) is 2.03. The van der Waals surface area contributed by atoms with Crippen LogP contribution in [0.15, 0.2) is 36.5 Å². The molecular formula is C19H22Cl2N4O. The molecule has 26 heavy (non-hydrogen) atoms. The highest BCUT2D eigenvalue weighted by atomic mass is 35.5. The van der Waals surface area contributed by atoms with Gasteiger partial charge in [-0.05, 0) is 37.3 Å². The summed E-state index contributed by atoms with van der Waals surface area (Å²) < 4.78 is 0. The van der Waals surface area contributed by atoms with E-state index in [9.17, 15) is 4.79 Å². The molecule has 3 rings (SSSR count). The normalized spacial score (nSPS) is 14.5. The average Bonchev–Trinajstić information content (AvgIpc) is 2.67. The van der Waals surface area contributed by atoms with Crippen molar-refractivity contribution in [2.24, 2.45) is 0 Å². The van der Waals surface area contributed by atoms with E-state index in [2.05, 4.69) is 21.7 Å². The van der Waals surface area contributed by atoms with Gasteiger partial charge in [-0.3, -0.25) is 4.79 Å². The van der Waals surface area contributed by atoms with Crippen molar-refractivity contribution in [1.29, 1.82) is 0 Å². The monoisotopic (exact) mass is 392 g/mol. The third kappa shape index (κ3) is 4.05. The van der Waals surface area contributed by atoms with E-state index in [0.29, 0.717) is 41.8 Å². The van der Waals surface area contributed by atoms with Crippen molar-refractivity contribution in [3.8, 4) is 0 Å². The first-order valence-electron chi connectivity index (χ1n) is 8.66. The minimum absolute atomic E-state index is 0.0607. The predicted molar refractivity (Wildman–Crippen MR) is 108 cm³/mol. The van der Waals surface area contributed by atoms with Gasteiger partial charge in [0.15, 0.2) is 0 Å². The molecule has 0 unspecified atom stereocenters. The lowest BCUT2D eigenvalue weighted by Gasteiger charge is -2.35. The zero-order valence-corrected chi connectivity index (χ0v) is 16.5. The topological polar surface area (TPSA) is 39.7 Å². The van der Waals surface area contributed by atoms with Crippen LogP contribution in [-0.2, 0) is 0 Å². The van der Waals surface area contributed by atoms with Gasteiger partial charge in [-0.25, -0.2) is 4.98 Å². The first kappa shape index (κ1) is 18.8. The molecule has 1 aliphatic rings. The molecule has 0 saturated carbocycles. The zero-order valence-electron chi connectivity index (χ0n) is 15.0. The zero-order chi connectivity index (χ0) is 18.7. The van der Waals surface area contributed by atoms with Crippen molar-refractivity contribution in [2.75, 3.05) is 49.6 Å². The Morgan fingerprint density at radius 3 is 2.38 bits per heavy atom. The summed E-state index contributed by atoms with van der Waals surface area (Å²) in [4.78, 5) is 23.2. The second kappa shape index (κ2) is 8.14. The highest BCUT2D eigenvalue weighted by Crippen LogP contribution is 2.27. The number of amides is 1. The van der Waals surface area contributed by atoms with E-state index in [4.69, 9.17) is 23.2 Å². The fraction of sp³-hybridized carbons (Fsp3) is 0.368. The van der Waals surface area contributed by atoms with Crippen LogP contribution in [0.5, 0.6) is 0 Å². The maximum absolute atomic E-state index is 12.7. The number of hydrogen-bond acceptors (Lipinski definition) is 4. The van der Waals surface area contributed by atoms with Crippen molar-refractivity contribution >= 4 is 40.6 Å². The Morgan fingerprint density at radius 2 is 1.81 bits per heavy atom. The number of piperazine rings is 1. The maximum Gasteiger partial charge on any atom is 0.253 e. The Labute approximate surface area is 164 Å². The predicted octanol–water partition coefficient (Wildman–Crippen LogP) is 3.81. The molecule has 7 heteroatoms. The molecule has 1 aromatic carbocycles. The van der Waals surface area contributed by atoms with Crippen molar-refractivity contribution < 1.29 is 4.79 Å². The SMILES string of the molecule is CCN(C)c1ccc(C(=O)N2CCN(c3ncc(Cl)cc3Cl)CC2)cc1. The maximum atomic E-state index is 12.7. The first-order chi connectivity index (χ1) is 12.5. The number of aromatic nitrogens is 1. The van der Waals surface area contributed by atoms with Gasteiger partial charge in [-0.2, -0.15) is 0 Å². The standard InChI is InChI=1S/C19H22Cl2N4O/c1-3-23(2)16-6-4-14(5-7-16)19(26)25-10-8-24(9-11-25)18-17(21)12-15(20)13-22-18/h4-7,12-13H,3,8-11H2,1-2H3. The summed E-state index contributed by atoms with van der Waals surface area (Å²) >= 11 is 12.1. The van der Waals surface area contributed by atoms with Crippen LogP contribution in [0.2, 0.25) is 10.0 Å². The van der Waals surface area contributed by atoms with E-state index in [0.717, 1.165) is 18.1 Å². The molecule has 0 atom stereocenters. The fourth-order valence-corrected chi connectivity index (χ4v) is 3.48. The van der Waals surface area contributed by atoms with Gasteiger partial charge in [0.2, 0.25) is 0 Å². The molecule has 0 radical (unpaired) electrons. The van der Waals surface area contributed by atoms with Crippen LogP contribution in [0.1, 0.15) is 17.3 Å². The summed E-state index contributed by atoms with van der Waals surface area (Å²) in [6.45, 7) is 5.68. The minimum atomic E-state index is 0.0607. The third-order valence-corrected chi connectivity index (χ3v) is 5.17. The molecule has 138 valence electrons. The lowest BCUT2D eigenvalue weighted by molar-refractivity contribution is 0.0746. The molecule has 1 amide bonds. The summed E-state index contributed by atoms with van der Waals surface area (Å²) in [5.41, 5.74) is 1.83. The van der Waals surface area contributed by atoms with Crippen molar-refractivity contribution in [3.05, 3.63) is 52.1 Å². The first-order valence-corrected chi connectivity index (χ1v) is 9.41. The summed E-state index contributed by atoms with van der Waals surface area (Å²) in [6.07, 6.45) is 1.59. The largest absolute Gasteiger partial charge is 0.375 e. The van der Waals surface area contributed by atoms with Gasteiger partial charge in [0.1, 0.15) is 5.82 Å². The average molecular weight is 393 g/mol. The fourth-order valence-electron chi connectivity index (χ4n) is 2.99. The number of hydrogen-bond donors (Lipinski definition) is 0. The van der Waals surface area contributed by atoms with E-state index < -0.39 is 0 Å². The van der Waals surface area contributed by atoms with Crippen LogP contribution in [0.25, 0.3) is 0 Å². The van der Waals surface area contributed by atoms with Crippen LogP contribution in [0.4, 0.5) is 11.5 Å². The highest BCUT2D eigenvalue weighted by molar-refractivity contribution is 6.36. The second-order valence-corrected chi connectivity index (χ2v) is 7.14. The molecular weight excluding hydrogens is 371 g/mol. The molecule has 0 bridgehead atoms. The lowest BCUT2D eigenvalue weighted by atomic mass is 10.1. The van der Waals surface area contributed by atoms with Gasteiger partial charge in [0.05, 0.1) is 10.0 Å². The molecule has 0 N–H and O–H groups in total. The van der Waals surface area contributed by atoms with Gasteiger partial charge in [0, 0.05) is 57.2 Å². The number of pyridine rings is 1. The molecule has 2 heterocycles. The number of nitrogens with zero attached hydrogens (tertiary/aromatic N) is 4. The van der Waals surface area contributed by atoms with Crippen molar-refractivity contribution in [2.45, 2.75) is 6.92 Å². The Bertz CT molecular complexity index is 774. The van der Waals surface area contributed by atoms with Gasteiger partial charge in [-0.15, -0.1) is 0 Å². The second-order valence-electron chi connectivity index (χ2n) is 6.30. The highest BCUT2D eigenvalue weighted by Gasteiger charge is 2.24. The molecule has 2 aromatic rings. The number of anilines is 2. The Hall–Kier alpha value is -1.98. The van der Waals surface area contributed by atoms with E-state index >= 15 is 0 Å². The van der Waals surface area contributed by atoms with E-state index in [1.165, 1.54) is 0 Å². The quantitative estimate of drug-likeness (QED) is 0.792. The molecule has 1 aromatic heterocycles. The third-order valence-electron chi connectivity index (χ3n) is 4.68. The minimum Gasteiger partial charge on any atom is -0.375 e. The summed E-state index contributed by atoms with van der Waals surface area (Å²) in [6, 6.07) is 9.47. The molecule has 1 fully saturated rings. The van der Waals surface area contributed by atoms with Crippen LogP contribution >= 0.6 is 23.2 Å². The van der Waals surface area contributed by atoms with Gasteiger partial charge < -0.3 is 14.7 Å². The van der Waals surface area contributed by atoms with Crippen LogP contribution in [0, 0.1) is 0 Å². The van der Waals surface area contributed by atoms with Crippen molar-refractivity contribution in [1.82, 2.24) is 9.88 Å². The number of carbonyl (C=O) groups excluding carboxylic acids is 1. The number of carbonyl (C=O) groups is 1. The molecule has 1 aliphatic heterocycles. The number of benzene rings is 1. The summed E-state index contributed by atoms with van der Waals surface area (Å²) in [5.74, 6) is 0.778. The summed E-state index contributed by atoms with van der Waals surface area (Å²) in [5, 5.41) is 1.05. The number of halogens is 2. The Balaban J connectivity index is 1.63. The van der Waals surface area contributed by atoms with Crippen LogP contribution in [-0.4, -0.2) is 55.6 Å². The van der Waals surface area contributed by atoms with Crippen LogP contribution < -0.4 is 9.80 Å². The van der Waals surface area contributed by atoms with Gasteiger partial charge in [-0.1, -0.05) is 23.2 Å². The Morgan fingerprint density at radius 1 is 1.15 bits per heavy atom. The molecule has 0 aliphatic carbocycles. The van der Waals surface area contributed by atoms with Gasteiger partial charge in [0.25, 0.3) is 5.91 Å². The van der Waals surface area contributed by atoms with E-state index in [-0.39, 0.29) is 5.91 Å². The molecule has 1 saturated heterocycles. The molecule has 5 nitrogen and oxygen atoms in total. The van der Waals surface area contributed by atoms with E-state index in [1.54, 1.807) is 12.3 Å². The lowest BCUT2D eigenvalue weighted by Crippen LogP contribution is -2.49. The van der Waals surface area contributed by atoms with E-state index in [1.807, 2.05) is 36.2 Å². The van der Waals surface area contributed by atoms with Gasteiger partial charge >= 0.3 is 0 Å². The number of rotatable bonds is 4. The smallest absolute Gasteiger partial charge is 0.253 e. The van der Waals surface area contributed by atoms with Crippen LogP contribution in [0.3, 0.4) is 0 Å².